The van der Waals surface area contributed by atoms with Gasteiger partial charge in [-0.1, -0.05) is 0 Å². The maximum atomic E-state index is 12.0. The lowest BCUT2D eigenvalue weighted by Gasteiger charge is -2.11. The van der Waals surface area contributed by atoms with E-state index >= 15 is 0 Å². The average Bonchev–Trinajstić information content (AvgIpc) is 2.84. The Balaban J connectivity index is 1.85. The van der Waals surface area contributed by atoms with Crippen molar-refractivity contribution in [2.45, 2.75) is 25.9 Å². The van der Waals surface area contributed by atoms with Crippen molar-refractivity contribution in [1.82, 2.24) is 0 Å². The van der Waals surface area contributed by atoms with E-state index in [4.69, 9.17) is 4.74 Å². The molecular weight excluding hydrogens is 313 g/mol. The molecule has 0 aromatic carbocycles. The number of ether oxygens (including phenoxy) is 1. The molecule has 1 saturated carbocycles. The third-order valence-corrected chi connectivity index (χ3v) is 4.65. The summed E-state index contributed by atoms with van der Waals surface area (Å²) in [5.74, 6) is -1.79. The standard InChI is InChI=1S/C12H15F3O5S/c1-2-19-11(16)10-8-5-7(6-9(8)10)20-21(17,18)4-3-12(13,14)15/h5,8-10H,2-4,6H2,1H3/t8-,9+,10+/m1/s1. The van der Waals surface area contributed by atoms with Crippen molar-refractivity contribution in [1.29, 1.82) is 0 Å². The molecule has 2 rings (SSSR count). The van der Waals surface area contributed by atoms with E-state index < -0.39 is 28.5 Å². The molecule has 9 heteroatoms. The first-order chi connectivity index (χ1) is 9.63. The smallest absolute Gasteiger partial charge is 0.390 e. The number of esters is 1. The Labute approximate surface area is 120 Å². The predicted octanol–water partition coefficient (Wildman–Crippen LogP) is 2.00. The number of fused-ring (bicyclic) bond motifs is 1. The van der Waals surface area contributed by atoms with E-state index in [1.807, 2.05) is 0 Å². The normalized spacial score (nSPS) is 27.8. The minimum atomic E-state index is -4.54. The lowest BCUT2D eigenvalue weighted by molar-refractivity contribution is -0.145. The van der Waals surface area contributed by atoms with E-state index in [2.05, 4.69) is 4.18 Å². The van der Waals surface area contributed by atoms with E-state index in [-0.39, 0.29) is 42.5 Å². The van der Waals surface area contributed by atoms with Gasteiger partial charge in [0.15, 0.2) is 0 Å². The van der Waals surface area contributed by atoms with Gasteiger partial charge in [-0.15, -0.1) is 0 Å². The van der Waals surface area contributed by atoms with Gasteiger partial charge in [-0.2, -0.15) is 21.6 Å². The van der Waals surface area contributed by atoms with Gasteiger partial charge >= 0.3 is 22.3 Å². The Kier molecular flexibility index (Phi) is 4.23. The quantitative estimate of drug-likeness (QED) is 0.551. The van der Waals surface area contributed by atoms with Crippen LogP contribution < -0.4 is 0 Å². The Morgan fingerprint density at radius 3 is 2.57 bits per heavy atom. The van der Waals surface area contributed by atoms with Crippen LogP contribution in [0.1, 0.15) is 19.8 Å². The van der Waals surface area contributed by atoms with Gasteiger partial charge in [0.1, 0.15) is 5.76 Å². The van der Waals surface area contributed by atoms with Gasteiger partial charge in [0.2, 0.25) is 0 Å². The third-order valence-electron chi connectivity index (χ3n) is 3.47. The lowest BCUT2D eigenvalue weighted by Crippen LogP contribution is -2.18. The van der Waals surface area contributed by atoms with Crippen molar-refractivity contribution in [2.75, 3.05) is 12.4 Å². The SMILES string of the molecule is CCOC(=O)[C@H]1[C@@H]2C=C(OS(=O)(=O)CCC(F)(F)F)C[C@@H]21. The molecule has 2 aliphatic carbocycles. The first-order valence-electron chi connectivity index (χ1n) is 6.49. The van der Waals surface area contributed by atoms with E-state index in [0.29, 0.717) is 0 Å². The van der Waals surface area contributed by atoms with Crippen molar-refractivity contribution in [2.24, 2.45) is 17.8 Å². The largest absolute Gasteiger partial charge is 0.466 e. The molecule has 0 bridgehead atoms. The second-order valence-electron chi connectivity index (χ2n) is 5.07. The summed E-state index contributed by atoms with van der Waals surface area (Å²) in [5.41, 5.74) is 0. The minimum absolute atomic E-state index is 0.0585. The van der Waals surface area contributed by atoms with Crippen molar-refractivity contribution in [3.63, 3.8) is 0 Å². The summed E-state index contributed by atoms with van der Waals surface area (Å²) >= 11 is 0. The van der Waals surface area contributed by atoms with Gasteiger partial charge in [0.05, 0.1) is 24.7 Å². The minimum Gasteiger partial charge on any atom is -0.466 e. The predicted molar refractivity (Wildman–Crippen MR) is 65.3 cm³/mol. The zero-order chi connectivity index (χ0) is 15.8. The molecular formula is C12H15F3O5S. The second kappa shape index (κ2) is 5.51. The molecule has 5 nitrogen and oxygen atoms in total. The molecule has 0 unspecified atom stereocenters. The molecule has 0 heterocycles. The van der Waals surface area contributed by atoms with E-state index in [1.54, 1.807) is 6.92 Å². The highest BCUT2D eigenvalue weighted by molar-refractivity contribution is 7.86. The molecule has 3 atom stereocenters. The molecule has 0 N–H and O–H groups in total. The van der Waals surface area contributed by atoms with Gasteiger partial charge in [-0.05, 0) is 24.8 Å². The molecule has 0 saturated heterocycles. The molecule has 0 radical (unpaired) electrons. The second-order valence-corrected chi connectivity index (χ2v) is 6.76. The maximum absolute atomic E-state index is 12.0. The Hall–Kier alpha value is -1.25. The maximum Gasteiger partial charge on any atom is 0.390 e. The Morgan fingerprint density at radius 1 is 1.43 bits per heavy atom. The molecule has 1 fully saturated rings. The van der Waals surface area contributed by atoms with Crippen LogP contribution in [-0.2, 0) is 23.8 Å². The first-order valence-corrected chi connectivity index (χ1v) is 8.07. The summed E-state index contributed by atoms with van der Waals surface area (Å²) in [7, 11) is -4.25. The highest BCUT2D eigenvalue weighted by Gasteiger charge is 2.58. The number of alkyl halides is 3. The number of allylic oxidation sites excluding steroid dienone is 2. The highest BCUT2D eigenvalue weighted by Crippen LogP contribution is 2.56. The lowest BCUT2D eigenvalue weighted by atomic mass is 10.2. The van der Waals surface area contributed by atoms with Gasteiger partial charge in [-0.3, -0.25) is 4.79 Å². The van der Waals surface area contributed by atoms with Crippen molar-refractivity contribution < 1.29 is 35.3 Å². The topological polar surface area (TPSA) is 69.7 Å². The third kappa shape index (κ3) is 4.12. The van der Waals surface area contributed by atoms with Crippen LogP contribution in [0.15, 0.2) is 11.8 Å². The summed E-state index contributed by atoms with van der Waals surface area (Å²) in [6.45, 7) is 1.96. The fourth-order valence-corrected chi connectivity index (χ4v) is 3.50. The summed E-state index contributed by atoms with van der Waals surface area (Å²) in [4.78, 5) is 11.5. The molecule has 0 aromatic rings. The average molecular weight is 328 g/mol. The number of rotatable bonds is 6. The van der Waals surface area contributed by atoms with Crippen LogP contribution in [-0.4, -0.2) is 32.9 Å². The van der Waals surface area contributed by atoms with Gasteiger partial charge in [0.25, 0.3) is 0 Å². The highest BCUT2D eigenvalue weighted by atomic mass is 32.2. The van der Waals surface area contributed by atoms with Crippen molar-refractivity contribution >= 4 is 16.1 Å². The summed E-state index contributed by atoms with van der Waals surface area (Å²) in [6, 6.07) is 0. The number of carbonyl (C=O) groups is 1. The number of hydrogen-bond donors (Lipinski definition) is 0. The Morgan fingerprint density at radius 2 is 2.10 bits per heavy atom. The van der Waals surface area contributed by atoms with Crippen LogP contribution in [0.3, 0.4) is 0 Å². The van der Waals surface area contributed by atoms with Crippen molar-refractivity contribution in [3.05, 3.63) is 11.8 Å². The first kappa shape index (κ1) is 16.1. The Bertz CT molecular complexity index is 552. The summed E-state index contributed by atoms with van der Waals surface area (Å²) < 4.78 is 68.3. The fraction of sp³-hybridized carbons (Fsp3) is 0.750. The molecule has 0 spiro atoms. The zero-order valence-electron chi connectivity index (χ0n) is 11.2. The van der Waals surface area contributed by atoms with Crippen LogP contribution >= 0.6 is 0 Å². The molecule has 21 heavy (non-hydrogen) atoms. The van der Waals surface area contributed by atoms with E-state index in [9.17, 15) is 26.4 Å². The van der Waals surface area contributed by atoms with Crippen LogP contribution in [0.2, 0.25) is 0 Å². The summed E-state index contributed by atoms with van der Waals surface area (Å²) in [6.07, 6.45) is -4.25. The number of carbonyl (C=O) groups excluding carboxylic acids is 1. The van der Waals surface area contributed by atoms with E-state index in [1.165, 1.54) is 6.08 Å². The summed E-state index contributed by atoms with van der Waals surface area (Å²) in [5, 5.41) is 0. The zero-order valence-corrected chi connectivity index (χ0v) is 12.0. The number of hydrogen-bond acceptors (Lipinski definition) is 5. The van der Waals surface area contributed by atoms with Gasteiger partial charge in [-0.25, -0.2) is 0 Å². The molecule has 0 amide bonds. The molecule has 0 aliphatic heterocycles. The molecule has 0 aromatic heterocycles. The molecule has 120 valence electrons. The van der Waals surface area contributed by atoms with Crippen molar-refractivity contribution in [3.8, 4) is 0 Å². The van der Waals surface area contributed by atoms with E-state index in [0.717, 1.165) is 0 Å². The monoisotopic (exact) mass is 328 g/mol. The van der Waals surface area contributed by atoms with Crippen LogP contribution in [0.4, 0.5) is 13.2 Å². The van der Waals surface area contributed by atoms with Gasteiger partial charge in [0, 0.05) is 6.42 Å². The van der Waals surface area contributed by atoms with Crippen LogP contribution in [0, 0.1) is 17.8 Å². The van der Waals surface area contributed by atoms with Crippen LogP contribution in [0.25, 0.3) is 0 Å². The van der Waals surface area contributed by atoms with Gasteiger partial charge < -0.3 is 8.92 Å². The molecule has 2 aliphatic rings. The fourth-order valence-electron chi connectivity index (χ4n) is 2.48. The van der Waals surface area contributed by atoms with Crippen LogP contribution in [0.5, 0.6) is 0 Å². The number of halogens is 3.